The predicted molar refractivity (Wildman–Crippen MR) is 103 cm³/mol. The third-order valence-electron chi connectivity index (χ3n) is 3.43. The highest BCUT2D eigenvalue weighted by Crippen LogP contribution is 2.26. The molecule has 0 atom stereocenters. The van der Waals surface area contributed by atoms with Gasteiger partial charge in [-0.25, -0.2) is 4.79 Å². The van der Waals surface area contributed by atoms with Crippen LogP contribution in [-0.2, 0) is 17.1 Å². The van der Waals surface area contributed by atoms with Crippen molar-refractivity contribution in [3.05, 3.63) is 70.2 Å². The van der Waals surface area contributed by atoms with Gasteiger partial charge in [-0.1, -0.05) is 65.5 Å². The first-order valence-electron chi connectivity index (χ1n) is 7.52. The molecule has 0 amide bonds. The van der Waals surface area contributed by atoms with E-state index in [4.69, 9.17) is 16.3 Å². The van der Waals surface area contributed by atoms with Crippen LogP contribution in [0.1, 0.15) is 21.5 Å². The van der Waals surface area contributed by atoms with Crippen LogP contribution in [0.5, 0.6) is 0 Å². The first-order chi connectivity index (χ1) is 11.7. The van der Waals surface area contributed by atoms with E-state index in [-0.39, 0.29) is 12.6 Å². The molecule has 0 unspecified atom stereocenters. The lowest BCUT2D eigenvalue weighted by atomic mass is 10.1. The Morgan fingerprint density at radius 1 is 1.21 bits per heavy atom. The highest BCUT2D eigenvalue weighted by Gasteiger charge is 2.14. The maximum Gasteiger partial charge on any atom is 0.338 e. The Morgan fingerprint density at radius 2 is 2.00 bits per heavy atom. The minimum atomic E-state index is -0.304. The number of esters is 1. The lowest BCUT2D eigenvalue weighted by Gasteiger charge is -2.09. The zero-order valence-electron chi connectivity index (χ0n) is 12.9. The van der Waals surface area contributed by atoms with Gasteiger partial charge in [0.1, 0.15) is 11.0 Å². The molecule has 0 saturated heterocycles. The number of aliphatic imine (C=N–C) groups is 1. The van der Waals surface area contributed by atoms with E-state index in [9.17, 15) is 4.79 Å². The van der Waals surface area contributed by atoms with Crippen molar-refractivity contribution < 1.29 is 9.53 Å². The summed E-state index contributed by atoms with van der Waals surface area (Å²) in [5.74, 6) is 1.47. The van der Waals surface area contributed by atoms with Crippen LogP contribution < -0.4 is 0 Å². The number of hydrogen-bond donors (Lipinski definition) is 0. The van der Waals surface area contributed by atoms with E-state index >= 15 is 0 Å². The van der Waals surface area contributed by atoms with Gasteiger partial charge in [0.2, 0.25) is 0 Å². The van der Waals surface area contributed by atoms with E-state index in [1.165, 1.54) is 0 Å². The minimum Gasteiger partial charge on any atom is -0.457 e. The van der Waals surface area contributed by atoms with E-state index in [2.05, 4.69) is 4.99 Å². The molecule has 24 heavy (non-hydrogen) atoms. The number of benzene rings is 2. The maximum atomic E-state index is 12.4. The third-order valence-corrected chi connectivity index (χ3v) is 5.98. The molecule has 0 saturated carbocycles. The molecule has 0 aliphatic carbocycles. The highest BCUT2D eigenvalue weighted by atomic mass is 35.5. The van der Waals surface area contributed by atoms with Gasteiger partial charge in [0.25, 0.3) is 0 Å². The lowest BCUT2D eigenvalue weighted by molar-refractivity contribution is 0.0472. The van der Waals surface area contributed by atoms with Gasteiger partial charge < -0.3 is 4.74 Å². The van der Waals surface area contributed by atoms with Gasteiger partial charge in [0, 0.05) is 16.5 Å². The first-order valence-corrected chi connectivity index (χ1v) is 9.87. The van der Waals surface area contributed by atoms with Crippen molar-refractivity contribution in [3.63, 3.8) is 0 Å². The monoisotopic (exact) mass is 377 g/mol. The van der Waals surface area contributed by atoms with Crippen molar-refractivity contribution in [3.8, 4) is 0 Å². The molecule has 2 aromatic rings. The number of carbonyl (C=O) groups is 1. The molecule has 1 heterocycles. The summed E-state index contributed by atoms with van der Waals surface area (Å²) in [6.07, 6.45) is 0. The molecule has 0 radical (unpaired) electrons. The second-order valence-electron chi connectivity index (χ2n) is 5.14. The topological polar surface area (TPSA) is 38.7 Å². The second-order valence-corrected chi connectivity index (χ2v) is 7.89. The Kier molecular flexibility index (Phi) is 6.24. The molecule has 6 heteroatoms. The van der Waals surface area contributed by atoms with Gasteiger partial charge in [-0.3, -0.25) is 4.99 Å². The number of thioether (sulfide) groups is 2. The quantitative estimate of drug-likeness (QED) is 0.685. The summed E-state index contributed by atoms with van der Waals surface area (Å²) < 4.78 is 6.54. The minimum absolute atomic E-state index is 0.236. The normalized spacial score (nSPS) is 13.6. The Morgan fingerprint density at radius 3 is 2.75 bits per heavy atom. The lowest BCUT2D eigenvalue weighted by Crippen LogP contribution is -2.08. The summed E-state index contributed by atoms with van der Waals surface area (Å²) in [5.41, 5.74) is 2.50. The number of halogens is 1. The van der Waals surface area contributed by atoms with E-state index in [0.29, 0.717) is 10.6 Å². The van der Waals surface area contributed by atoms with Crippen LogP contribution in [0.25, 0.3) is 0 Å². The van der Waals surface area contributed by atoms with Crippen molar-refractivity contribution in [2.24, 2.45) is 4.99 Å². The maximum absolute atomic E-state index is 12.4. The number of carbonyl (C=O) groups excluding carboxylic acids is 1. The zero-order valence-corrected chi connectivity index (χ0v) is 15.3. The average Bonchev–Trinajstić information content (AvgIpc) is 3.13. The Hall–Kier alpha value is -1.43. The molecule has 3 nitrogen and oxygen atoms in total. The summed E-state index contributed by atoms with van der Waals surface area (Å²) in [5, 5.41) is 0.667. The van der Waals surface area contributed by atoms with Crippen LogP contribution in [0.2, 0.25) is 5.02 Å². The summed E-state index contributed by atoms with van der Waals surface area (Å²) in [6.45, 7) is 1.12. The molecule has 0 N–H and O–H groups in total. The SMILES string of the molecule is O=C(OCc1ccc(Cl)cc1)c1ccccc1CSC1=NCCS1. The molecule has 3 rings (SSSR count). The molecule has 124 valence electrons. The first kappa shape index (κ1) is 17.4. The van der Waals surface area contributed by atoms with E-state index in [1.54, 1.807) is 35.7 Å². The van der Waals surface area contributed by atoms with Gasteiger partial charge >= 0.3 is 5.97 Å². The summed E-state index contributed by atoms with van der Waals surface area (Å²) in [4.78, 5) is 16.8. The fourth-order valence-corrected chi connectivity index (χ4v) is 4.33. The molecular weight excluding hydrogens is 362 g/mol. The van der Waals surface area contributed by atoms with Gasteiger partial charge in [-0.05, 0) is 29.3 Å². The molecular formula is C18H16ClNO2S2. The van der Waals surface area contributed by atoms with Gasteiger partial charge in [-0.2, -0.15) is 0 Å². The highest BCUT2D eigenvalue weighted by molar-refractivity contribution is 8.38. The smallest absolute Gasteiger partial charge is 0.338 e. The van der Waals surface area contributed by atoms with Crippen molar-refractivity contribution in [2.75, 3.05) is 12.3 Å². The van der Waals surface area contributed by atoms with Crippen LogP contribution in [-0.4, -0.2) is 22.6 Å². The molecule has 0 aromatic heterocycles. The number of nitrogens with zero attached hydrogens (tertiary/aromatic N) is 1. The molecule has 1 aliphatic rings. The molecule has 2 aromatic carbocycles. The number of ether oxygens (including phenoxy) is 1. The van der Waals surface area contributed by atoms with Crippen LogP contribution in [0.3, 0.4) is 0 Å². The standard InChI is InChI=1S/C18H16ClNO2S2/c19-15-7-5-13(6-8-15)11-22-17(21)16-4-2-1-3-14(16)12-24-18-20-9-10-23-18/h1-8H,9-12H2. The van der Waals surface area contributed by atoms with E-state index in [0.717, 1.165) is 33.6 Å². The Labute approximate surface area is 154 Å². The fourth-order valence-electron chi connectivity index (χ4n) is 2.19. The van der Waals surface area contributed by atoms with Crippen molar-refractivity contribution >= 4 is 45.5 Å². The molecule has 1 aliphatic heterocycles. The van der Waals surface area contributed by atoms with Gasteiger partial charge in [0.15, 0.2) is 0 Å². The van der Waals surface area contributed by atoms with Crippen molar-refractivity contribution in [2.45, 2.75) is 12.4 Å². The Balaban J connectivity index is 1.62. The zero-order chi connectivity index (χ0) is 16.8. The van der Waals surface area contributed by atoms with Gasteiger partial charge in [0.05, 0.1) is 12.1 Å². The molecule has 0 bridgehead atoms. The van der Waals surface area contributed by atoms with Crippen molar-refractivity contribution in [1.29, 1.82) is 0 Å². The van der Waals surface area contributed by atoms with Crippen LogP contribution in [0.4, 0.5) is 0 Å². The summed E-state index contributed by atoms with van der Waals surface area (Å²) >= 11 is 9.30. The van der Waals surface area contributed by atoms with Gasteiger partial charge in [-0.15, -0.1) is 0 Å². The third kappa shape index (κ3) is 4.79. The predicted octanol–water partition coefficient (Wildman–Crippen LogP) is 5.03. The number of hydrogen-bond acceptors (Lipinski definition) is 5. The van der Waals surface area contributed by atoms with E-state index < -0.39 is 0 Å². The number of rotatable bonds is 5. The summed E-state index contributed by atoms with van der Waals surface area (Å²) in [7, 11) is 0. The molecule has 0 spiro atoms. The van der Waals surface area contributed by atoms with Crippen LogP contribution in [0.15, 0.2) is 53.5 Å². The second kappa shape index (κ2) is 8.60. The summed E-state index contributed by atoms with van der Waals surface area (Å²) in [6, 6.07) is 14.9. The Bertz CT molecular complexity index is 747. The molecule has 0 fully saturated rings. The largest absolute Gasteiger partial charge is 0.457 e. The average molecular weight is 378 g/mol. The van der Waals surface area contributed by atoms with Crippen LogP contribution >= 0.6 is 35.1 Å². The van der Waals surface area contributed by atoms with E-state index in [1.807, 2.05) is 36.4 Å². The van der Waals surface area contributed by atoms with Crippen molar-refractivity contribution in [1.82, 2.24) is 0 Å². The van der Waals surface area contributed by atoms with Crippen LogP contribution in [0, 0.1) is 0 Å². The fraction of sp³-hybridized carbons (Fsp3) is 0.222.